The number of nitrogen functional groups attached to an aromatic ring is 1. The van der Waals surface area contributed by atoms with Crippen molar-refractivity contribution in [2.45, 2.75) is 46.3 Å². The molecule has 3 N–H and O–H groups in total. The summed E-state index contributed by atoms with van der Waals surface area (Å²) in [5, 5.41) is 10.3. The quantitative estimate of drug-likeness (QED) is 0.437. The van der Waals surface area contributed by atoms with Gasteiger partial charge in [0.25, 0.3) is 6.01 Å². The predicted molar refractivity (Wildman–Crippen MR) is 108 cm³/mol. The first-order valence-electron chi connectivity index (χ1n) is 9.54. The Morgan fingerprint density at radius 1 is 1.21 bits per heavy atom. The van der Waals surface area contributed by atoms with Gasteiger partial charge in [0.15, 0.2) is 17.0 Å². The van der Waals surface area contributed by atoms with E-state index in [1.165, 1.54) is 4.57 Å². The molecule has 9 heteroatoms. The fraction of sp³-hybridized carbons (Fsp3) is 0.400. The smallest absolute Gasteiger partial charge is 0.338 e. The predicted octanol–water partition coefficient (Wildman–Crippen LogP) is 2.91. The maximum absolute atomic E-state index is 12.0. The largest absolute Gasteiger partial charge is 0.480 e. The molecule has 9 nitrogen and oxygen atoms in total. The van der Waals surface area contributed by atoms with Crippen LogP contribution in [0.1, 0.15) is 49.5 Å². The van der Waals surface area contributed by atoms with Crippen LogP contribution in [0.3, 0.4) is 0 Å². The van der Waals surface area contributed by atoms with E-state index >= 15 is 0 Å². The van der Waals surface area contributed by atoms with Gasteiger partial charge in [-0.25, -0.2) is 4.79 Å². The second kappa shape index (κ2) is 8.76. The summed E-state index contributed by atoms with van der Waals surface area (Å²) in [5.41, 5.74) is 7.95. The van der Waals surface area contributed by atoms with Crippen LogP contribution in [0.25, 0.3) is 11.2 Å². The number of esters is 1. The lowest BCUT2D eigenvalue weighted by atomic mass is 10.1. The number of rotatable bonds is 8. The third-order valence-corrected chi connectivity index (χ3v) is 4.18. The number of nitrogens with two attached hydrogens (primary N) is 1. The molecule has 1 aromatic carbocycles. The molecule has 0 radical (unpaired) electrons. The highest BCUT2D eigenvalue weighted by atomic mass is 16.5. The first-order chi connectivity index (χ1) is 13.9. The van der Waals surface area contributed by atoms with Crippen LogP contribution in [0, 0.1) is 0 Å². The molecule has 0 amide bonds. The van der Waals surface area contributed by atoms with Crippen molar-refractivity contribution in [2.75, 3.05) is 12.3 Å². The number of unbranched alkanes of at least 4 members (excludes halogenated alkanes) is 1. The monoisotopic (exact) mass is 399 g/mol. The number of hydrogen-bond donors (Lipinski definition) is 2. The Balaban J connectivity index is 1.85. The summed E-state index contributed by atoms with van der Waals surface area (Å²) in [5.74, 6) is -0.237. The molecule has 0 saturated carbocycles. The van der Waals surface area contributed by atoms with Gasteiger partial charge < -0.3 is 20.3 Å². The van der Waals surface area contributed by atoms with Crippen LogP contribution < -0.4 is 10.5 Å². The third kappa shape index (κ3) is 4.74. The third-order valence-electron chi connectivity index (χ3n) is 4.18. The number of aromatic nitrogens is 4. The number of aromatic hydroxyl groups is 1. The Morgan fingerprint density at radius 2 is 1.93 bits per heavy atom. The first kappa shape index (κ1) is 20.4. The molecule has 2 aromatic heterocycles. The van der Waals surface area contributed by atoms with Crippen LogP contribution in [0.15, 0.2) is 24.3 Å². The van der Waals surface area contributed by atoms with Gasteiger partial charge in [-0.15, -0.1) is 0 Å². The van der Waals surface area contributed by atoms with Gasteiger partial charge >= 0.3 is 12.0 Å². The summed E-state index contributed by atoms with van der Waals surface area (Å²) in [6.45, 7) is 6.42. The lowest BCUT2D eigenvalue weighted by molar-refractivity contribution is 0.0378. The average molecular weight is 399 g/mol. The molecular weight excluding hydrogens is 374 g/mol. The minimum atomic E-state index is -0.378. The van der Waals surface area contributed by atoms with Crippen LogP contribution in [-0.2, 0) is 11.3 Å². The van der Waals surface area contributed by atoms with E-state index in [4.69, 9.17) is 15.2 Å². The van der Waals surface area contributed by atoms with Crippen molar-refractivity contribution in [1.82, 2.24) is 19.5 Å². The Bertz CT molecular complexity index is 998. The molecule has 3 aromatic rings. The fourth-order valence-electron chi connectivity index (χ4n) is 2.72. The second-order valence-corrected chi connectivity index (χ2v) is 6.91. The molecule has 0 aliphatic rings. The van der Waals surface area contributed by atoms with E-state index < -0.39 is 0 Å². The summed E-state index contributed by atoms with van der Waals surface area (Å²) in [6.07, 6.45) is 1.67. The molecule has 0 atom stereocenters. The van der Waals surface area contributed by atoms with Crippen molar-refractivity contribution in [3.8, 4) is 12.0 Å². The Hall–Kier alpha value is -3.36. The number of imidazole rings is 1. The van der Waals surface area contributed by atoms with Gasteiger partial charge in [-0.05, 0) is 38.0 Å². The molecule has 29 heavy (non-hydrogen) atoms. The maximum Gasteiger partial charge on any atom is 0.338 e. The van der Waals surface area contributed by atoms with Gasteiger partial charge in [0.05, 0.1) is 24.8 Å². The van der Waals surface area contributed by atoms with Crippen LogP contribution in [0.2, 0.25) is 0 Å². The number of carbonyl (C=O) groups is 1. The number of anilines is 1. The van der Waals surface area contributed by atoms with Crippen molar-refractivity contribution >= 4 is 23.0 Å². The first-order valence-corrected chi connectivity index (χ1v) is 9.54. The van der Waals surface area contributed by atoms with E-state index in [0.29, 0.717) is 23.3 Å². The van der Waals surface area contributed by atoms with Crippen molar-refractivity contribution < 1.29 is 19.4 Å². The lowest BCUT2D eigenvalue weighted by Crippen LogP contribution is -2.11. The van der Waals surface area contributed by atoms with Gasteiger partial charge in [-0.3, -0.25) is 4.57 Å². The van der Waals surface area contributed by atoms with Gasteiger partial charge in [-0.2, -0.15) is 15.0 Å². The highest BCUT2D eigenvalue weighted by molar-refractivity contribution is 5.89. The molecule has 3 rings (SSSR count). The number of fused-ring (bicyclic) bond motifs is 1. The van der Waals surface area contributed by atoms with Crippen LogP contribution in [-0.4, -0.2) is 43.3 Å². The molecule has 0 saturated heterocycles. The molecule has 0 aliphatic heterocycles. The number of nitrogens with zero attached hydrogens (tertiary/aromatic N) is 4. The summed E-state index contributed by atoms with van der Waals surface area (Å²) >= 11 is 0. The fourth-order valence-corrected chi connectivity index (χ4v) is 2.72. The van der Waals surface area contributed by atoms with Crippen molar-refractivity contribution in [1.29, 1.82) is 0 Å². The minimum absolute atomic E-state index is 0.141. The zero-order chi connectivity index (χ0) is 21.0. The molecule has 2 heterocycles. The summed E-state index contributed by atoms with van der Waals surface area (Å²) < 4.78 is 12.2. The molecule has 0 unspecified atom stereocenters. The molecule has 154 valence electrons. The topological polar surface area (TPSA) is 125 Å². The SMILES string of the molecule is CCCCOc1nc(N)c2nc(O)n(Cc3ccc(C(=O)OC(C)C)cc3)c2n1. The number of hydrogen-bond acceptors (Lipinski definition) is 8. The van der Waals surface area contributed by atoms with E-state index in [9.17, 15) is 9.90 Å². The molecule has 0 spiro atoms. The summed E-state index contributed by atoms with van der Waals surface area (Å²) in [7, 11) is 0. The normalized spacial score (nSPS) is 11.2. The summed E-state index contributed by atoms with van der Waals surface area (Å²) in [6, 6.07) is 6.85. The Kier molecular flexibility index (Phi) is 6.16. The second-order valence-electron chi connectivity index (χ2n) is 6.91. The van der Waals surface area contributed by atoms with E-state index in [-0.39, 0.29) is 36.5 Å². The number of carbonyl (C=O) groups excluding carboxylic acids is 1. The summed E-state index contributed by atoms with van der Waals surface area (Å²) in [4.78, 5) is 24.5. The minimum Gasteiger partial charge on any atom is -0.480 e. The van der Waals surface area contributed by atoms with Crippen molar-refractivity contribution in [3.63, 3.8) is 0 Å². The molecule has 0 bridgehead atoms. The number of benzene rings is 1. The van der Waals surface area contributed by atoms with Gasteiger partial charge in [0.2, 0.25) is 0 Å². The van der Waals surface area contributed by atoms with Crippen LogP contribution in [0.5, 0.6) is 12.0 Å². The van der Waals surface area contributed by atoms with Crippen LogP contribution >= 0.6 is 0 Å². The van der Waals surface area contributed by atoms with Gasteiger partial charge in [-0.1, -0.05) is 25.5 Å². The lowest BCUT2D eigenvalue weighted by Gasteiger charge is -2.09. The van der Waals surface area contributed by atoms with E-state index in [1.807, 2.05) is 0 Å². The zero-order valence-corrected chi connectivity index (χ0v) is 16.8. The van der Waals surface area contributed by atoms with Gasteiger partial charge in [0, 0.05) is 0 Å². The molecule has 0 fully saturated rings. The molecular formula is C20H25N5O4. The van der Waals surface area contributed by atoms with Gasteiger partial charge in [0.1, 0.15) is 0 Å². The Morgan fingerprint density at radius 3 is 2.59 bits per heavy atom. The molecule has 0 aliphatic carbocycles. The average Bonchev–Trinajstić information content (AvgIpc) is 2.98. The van der Waals surface area contributed by atoms with E-state index in [2.05, 4.69) is 21.9 Å². The standard InChI is InChI=1S/C20H25N5O4/c1-4-5-10-28-19-23-16(21)15-17(24-19)25(20(27)22-15)11-13-6-8-14(9-7-13)18(26)29-12(2)3/h6-9,12H,4-5,10-11H2,1-3H3,(H,22,27)(H2,21,23,24). The van der Waals surface area contributed by atoms with E-state index in [1.54, 1.807) is 38.1 Å². The maximum atomic E-state index is 12.0. The van der Waals surface area contributed by atoms with Crippen LogP contribution in [0.4, 0.5) is 5.82 Å². The highest BCUT2D eigenvalue weighted by Gasteiger charge is 2.17. The Labute approximate surface area is 168 Å². The van der Waals surface area contributed by atoms with E-state index in [0.717, 1.165) is 18.4 Å². The zero-order valence-electron chi connectivity index (χ0n) is 16.8. The highest BCUT2D eigenvalue weighted by Crippen LogP contribution is 2.26. The number of ether oxygens (including phenoxy) is 2. The van der Waals surface area contributed by atoms with Crippen molar-refractivity contribution in [3.05, 3.63) is 35.4 Å². The van der Waals surface area contributed by atoms with Crippen molar-refractivity contribution in [2.24, 2.45) is 0 Å².